The third kappa shape index (κ3) is 3.10. The molecule has 0 aliphatic heterocycles. The molecule has 0 unspecified atom stereocenters. The van der Waals surface area contributed by atoms with Gasteiger partial charge >= 0.3 is 0 Å². The van der Waals surface area contributed by atoms with Crippen LogP contribution in [0.2, 0.25) is 0 Å². The highest BCUT2D eigenvalue weighted by Gasteiger charge is 2.15. The number of aryl methyl sites for hydroxylation is 1. The van der Waals surface area contributed by atoms with Crippen LogP contribution in [-0.4, -0.2) is 46.4 Å². The molecule has 25 heavy (non-hydrogen) atoms. The summed E-state index contributed by atoms with van der Waals surface area (Å²) in [5.74, 6) is -0.204. The Kier molecular flexibility index (Phi) is 4.26. The number of fused-ring (bicyclic) bond motifs is 1. The number of carbonyl (C=O) groups excluding carboxylic acids is 1. The molecule has 1 aromatic carbocycles. The number of aromatic nitrogens is 4. The van der Waals surface area contributed by atoms with Gasteiger partial charge in [0.05, 0.1) is 6.20 Å². The van der Waals surface area contributed by atoms with Crippen LogP contribution in [0.3, 0.4) is 0 Å². The van der Waals surface area contributed by atoms with E-state index in [9.17, 15) is 9.59 Å². The van der Waals surface area contributed by atoms with Gasteiger partial charge in [-0.1, -0.05) is 0 Å². The van der Waals surface area contributed by atoms with Crippen molar-refractivity contribution in [3.05, 3.63) is 47.1 Å². The predicted octanol–water partition coefficient (Wildman–Crippen LogP) is 0.859. The minimum atomic E-state index is -0.275. The summed E-state index contributed by atoms with van der Waals surface area (Å²) in [7, 11) is 7.32. The maximum atomic E-state index is 12.5. The van der Waals surface area contributed by atoms with Crippen molar-refractivity contribution in [2.24, 2.45) is 7.05 Å². The molecule has 130 valence electrons. The Bertz CT molecular complexity index is 971. The highest BCUT2D eigenvalue weighted by Crippen LogP contribution is 2.18. The first-order chi connectivity index (χ1) is 11.9. The van der Waals surface area contributed by atoms with Crippen molar-refractivity contribution in [1.82, 2.24) is 19.3 Å². The summed E-state index contributed by atoms with van der Waals surface area (Å²) in [6.45, 7) is -0.0808. The average molecular weight is 340 g/mol. The van der Waals surface area contributed by atoms with Crippen molar-refractivity contribution >= 4 is 28.3 Å². The van der Waals surface area contributed by atoms with Gasteiger partial charge in [0.1, 0.15) is 18.3 Å². The van der Waals surface area contributed by atoms with Crippen molar-refractivity contribution in [2.75, 3.05) is 30.9 Å². The van der Waals surface area contributed by atoms with Gasteiger partial charge in [-0.15, -0.1) is 0 Å². The lowest BCUT2D eigenvalue weighted by molar-refractivity contribution is -0.118. The van der Waals surface area contributed by atoms with Gasteiger partial charge < -0.3 is 9.80 Å². The summed E-state index contributed by atoms with van der Waals surface area (Å²) in [5.41, 5.74) is 2.04. The number of hydrogen-bond donors (Lipinski definition) is 0. The molecule has 3 aromatic rings. The molecule has 0 aliphatic carbocycles. The number of hydrogen-bond acceptors (Lipinski definition) is 5. The fourth-order valence-electron chi connectivity index (χ4n) is 2.55. The Labute approximate surface area is 144 Å². The number of benzene rings is 1. The number of likely N-dealkylation sites (N-methyl/N-ethyl adjacent to an activating group) is 1. The first kappa shape index (κ1) is 16.7. The zero-order chi connectivity index (χ0) is 18.1. The summed E-state index contributed by atoms with van der Waals surface area (Å²) < 4.78 is 2.83. The van der Waals surface area contributed by atoms with Crippen molar-refractivity contribution in [2.45, 2.75) is 6.54 Å². The van der Waals surface area contributed by atoms with E-state index in [1.807, 2.05) is 43.3 Å². The Hall–Kier alpha value is -3.16. The SMILES string of the molecule is CN(C)c1ccc(N(C)C(=O)Cn2cnc3c(cnn3C)c2=O)cc1. The fraction of sp³-hybridized carbons (Fsp3) is 0.294. The van der Waals surface area contributed by atoms with E-state index in [0.29, 0.717) is 11.0 Å². The van der Waals surface area contributed by atoms with Crippen molar-refractivity contribution in [3.8, 4) is 0 Å². The van der Waals surface area contributed by atoms with Gasteiger partial charge in [-0.3, -0.25) is 18.8 Å². The highest BCUT2D eigenvalue weighted by atomic mass is 16.2. The second-order valence-corrected chi connectivity index (χ2v) is 6.05. The van der Waals surface area contributed by atoms with E-state index < -0.39 is 0 Å². The first-order valence-corrected chi connectivity index (χ1v) is 7.79. The quantitative estimate of drug-likeness (QED) is 0.704. The largest absolute Gasteiger partial charge is 0.378 e. The second-order valence-electron chi connectivity index (χ2n) is 6.05. The topological polar surface area (TPSA) is 76.3 Å². The van der Waals surface area contributed by atoms with Gasteiger partial charge in [0.2, 0.25) is 5.91 Å². The van der Waals surface area contributed by atoms with Gasteiger partial charge in [-0.2, -0.15) is 5.10 Å². The molecule has 2 heterocycles. The second kappa shape index (κ2) is 6.39. The molecule has 1 amide bonds. The minimum absolute atomic E-state index is 0.0808. The van der Waals surface area contributed by atoms with Gasteiger partial charge in [0.25, 0.3) is 5.56 Å². The Morgan fingerprint density at radius 1 is 1.12 bits per heavy atom. The lowest BCUT2D eigenvalue weighted by Crippen LogP contribution is -2.34. The van der Waals surface area contributed by atoms with Crippen LogP contribution < -0.4 is 15.4 Å². The van der Waals surface area contributed by atoms with Gasteiger partial charge in [0.15, 0.2) is 5.65 Å². The molecule has 0 atom stereocenters. The van der Waals surface area contributed by atoms with Crippen LogP contribution in [-0.2, 0) is 18.4 Å². The third-order valence-electron chi connectivity index (χ3n) is 4.15. The molecule has 0 aliphatic rings. The van der Waals surface area contributed by atoms with Gasteiger partial charge in [-0.05, 0) is 24.3 Å². The molecule has 8 nitrogen and oxygen atoms in total. The normalized spacial score (nSPS) is 10.9. The Morgan fingerprint density at radius 3 is 2.40 bits per heavy atom. The van der Waals surface area contributed by atoms with Crippen LogP contribution in [0.25, 0.3) is 11.0 Å². The first-order valence-electron chi connectivity index (χ1n) is 7.79. The molecule has 0 spiro atoms. The van der Waals surface area contributed by atoms with Crippen LogP contribution in [0.5, 0.6) is 0 Å². The molecule has 0 saturated carbocycles. The van der Waals surface area contributed by atoms with Gasteiger partial charge in [0, 0.05) is 39.6 Å². The number of rotatable bonds is 4. The minimum Gasteiger partial charge on any atom is -0.378 e. The zero-order valence-electron chi connectivity index (χ0n) is 14.7. The Balaban J connectivity index is 1.82. The molecule has 0 radical (unpaired) electrons. The summed E-state index contributed by atoms with van der Waals surface area (Å²) in [6, 6.07) is 7.63. The summed E-state index contributed by atoms with van der Waals surface area (Å²) in [6.07, 6.45) is 2.85. The van der Waals surface area contributed by atoms with E-state index in [2.05, 4.69) is 10.1 Å². The fourth-order valence-corrected chi connectivity index (χ4v) is 2.55. The number of anilines is 2. The molecule has 8 heteroatoms. The van der Waals surface area contributed by atoms with E-state index in [1.54, 1.807) is 14.1 Å². The molecule has 0 saturated heterocycles. The molecular weight excluding hydrogens is 320 g/mol. The molecule has 0 N–H and O–H groups in total. The monoisotopic (exact) mass is 340 g/mol. The van der Waals surface area contributed by atoms with Crippen LogP contribution in [0, 0.1) is 0 Å². The molecule has 2 aromatic heterocycles. The summed E-state index contributed by atoms with van der Waals surface area (Å²) in [5, 5.41) is 4.42. The molecule has 3 rings (SSSR count). The third-order valence-corrected chi connectivity index (χ3v) is 4.15. The van der Waals surface area contributed by atoms with Crippen molar-refractivity contribution in [1.29, 1.82) is 0 Å². The standard InChI is InChI=1S/C17H20N6O2/c1-20(2)12-5-7-13(8-6-12)21(3)15(24)10-23-11-18-16-14(17(23)25)9-19-22(16)4/h5-9,11H,10H2,1-4H3. The van der Waals surface area contributed by atoms with Crippen LogP contribution in [0.4, 0.5) is 11.4 Å². The van der Waals surface area contributed by atoms with Crippen molar-refractivity contribution < 1.29 is 4.79 Å². The number of nitrogens with zero attached hydrogens (tertiary/aromatic N) is 6. The van der Waals surface area contributed by atoms with E-state index in [-0.39, 0.29) is 18.0 Å². The van der Waals surface area contributed by atoms with Crippen molar-refractivity contribution in [3.63, 3.8) is 0 Å². The van der Waals surface area contributed by atoms with E-state index in [0.717, 1.165) is 11.4 Å². The van der Waals surface area contributed by atoms with Crippen LogP contribution >= 0.6 is 0 Å². The number of amides is 1. The van der Waals surface area contributed by atoms with Gasteiger partial charge in [-0.25, -0.2) is 4.98 Å². The maximum Gasteiger partial charge on any atom is 0.264 e. The van der Waals surface area contributed by atoms with Crippen LogP contribution in [0.1, 0.15) is 0 Å². The lowest BCUT2D eigenvalue weighted by atomic mass is 10.2. The summed E-state index contributed by atoms with van der Waals surface area (Å²) in [4.78, 5) is 32.7. The number of carbonyl (C=O) groups is 1. The highest BCUT2D eigenvalue weighted by molar-refractivity contribution is 5.93. The van der Waals surface area contributed by atoms with E-state index in [1.165, 1.54) is 26.7 Å². The Morgan fingerprint density at radius 2 is 1.76 bits per heavy atom. The molecule has 0 bridgehead atoms. The molecule has 0 fully saturated rings. The molecular formula is C17H20N6O2. The van der Waals surface area contributed by atoms with E-state index >= 15 is 0 Å². The van der Waals surface area contributed by atoms with E-state index in [4.69, 9.17) is 0 Å². The summed E-state index contributed by atoms with van der Waals surface area (Å²) >= 11 is 0. The van der Waals surface area contributed by atoms with Crippen LogP contribution in [0.15, 0.2) is 41.6 Å². The maximum absolute atomic E-state index is 12.5. The predicted molar refractivity (Wildman–Crippen MR) is 96.9 cm³/mol. The average Bonchev–Trinajstić information content (AvgIpc) is 2.98. The lowest BCUT2D eigenvalue weighted by Gasteiger charge is -2.19. The smallest absolute Gasteiger partial charge is 0.264 e. The zero-order valence-corrected chi connectivity index (χ0v) is 14.7.